The molecule has 0 bridgehead atoms. The van der Waals surface area contributed by atoms with Crippen molar-refractivity contribution < 1.29 is 9.47 Å². The summed E-state index contributed by atoms with van der Waals surface area (Å²) in [5.41, 5.74) is 0. The molecular formula is C15H27N5O2. The second-order valence-corrected chi connectivity index (χ2v) is 6.14. The van der Waals surface area contributed by atoms with E-state index in [2.05, 4.69) is 25.4 Å². The maximum Gasteiger partial charge on any atom is 0.242 e. The molecular weight excluding hydrogens is 282 g/mol. The van der Waals surface area contributed by atoms with Crippen LogP contribution < -0.4 is 5.32 Å². The molecule has 7 heteroatoms. The largest absolute Gasteiger partial charge is 0.383 e. The van der Waals surface area contributed by atoms with Gasteiger partial charge in [-0.1, -0.05) is 0 Å². The third-order valence-electron chi connectivity index (χ3n) is 4.69. The Morgan fingerprint density at radius 3 is 3.05 bits per heavy atom. The van der Waals surface area contributed by atoms with Crippen molar-refractivity contribution in [1.82, 2.24) is 20.1 Å². The van der Waals surface area contributed by atoms with E-state index in [0.717, 1.165) is 64.1 Å². The Morgan fingerprint density at radius 2 is 2.23 bits per heavy atom. The highest BCUT2D eigenvalue weighted by Crippen LogP contribution is 2.24. The van der Waals surface area contributed by atoms with Crippen molar-refractivity contribution in [2.45, 2.75) is 37.6 Å². The molecule has 0 amide bonds. The van der Waals surface area contributed by atoms with E-state index in [1.807, 2.05) is 0 Å². The second kappa shape index (κ2) is 7.89. The first-order valence-electron chi connectivity index (χ1n) is 8.33. The van der Waals surface area contributed by atoms with Crippen LogP contribution in [-0.4, -0.2) is 72.7 Å². The SMILES string of the molecule is COCCN1CCCC1CNc1n[nH]c(C2CCOCC2)n1. The predicted molar refractivity (Wildman–Crippen MR) is 84.1 cm³/mol. The molecule has 2 fully saturated rings. The number of nitrogens with zero attached hydrogens (tertiary/aromatic N) is 3. The van der Waals surface area contributed by atoms with E-state index >= 15 is 0 Å². The summed E-state index contributed by atoms with van der Waals surface area (Å²) in [7, 11) is 1.76. The Hall–Kier alpha value is -1.18. The molecule has 0 radical (unpaired) electrons. The maximum atomic E-state index is 5.39. The molecule has 0 saturated carbocycles. The first-order chi connectivity index (χ1) is 10.9. The molecule has 22 heavy (non-hydrogen) atoms. The number of rotatable bonds is 7. The van der Waals surface area contributed by atoms with Crippen molar-refractivity contribution in [3.63, 3.8) is 0 Å². The van der Waals surface area contributed by atoms with Gasteiger partial charge >= 0.3 is 0 Å². The number of aromatic amines is 1. The number of methoxy groups -OCH3 is 1. The molecule has 2 aliphatic rings. The van der Waals surface area contributed by atoms with E-state index in [4.69, 9.17) is 9.47 Å². The van der Waals surface area contributed by atoms with Gasteiger partial charge in [-0.2, -0.15) is 4.98 Å². The number of likely N-dealkylation sites (tertiary alicyclic amines) is 1. The minimum absolute atomic E-state index is 0.460. The van der Waals surface area contributed by atoms with Gasteiger partial charge in [0.25, 0.3) is 0 Å². The normalized spacial score (nSPS) is 24.0. The molecule has 2 saturated heterocycles. The van der Waals surface area contributed by atoms with Crippen LogP contribution >= 0.6 is 0 Å². The van der Waals surface area contributed by atoms with Crippen LogP contribution in [0.25, 0.3) is 0 Å². The fraction of sp³-hybridized carbons (Fsp3) is 0.867. The van der Waals surface area contributed by atoms with E-state index in [-0.39, 0.29) is 0 Å². The van der Waals surface area contributed by atoms with Crippen LogP contribution in [0.2, 0.25) is 0 Å². The van der Waals surface area contributed by atoms with Crippen molar-refractivity contribution in [3.05, 3.63) is 5.82 Å². The number of hydrogen-bond acceptors (Lipinski definition) is 6. The van der Waals surface area contributed by atoms with Crippen LogP contribution in [0, 0.1) is 0 Å². The molecule has 1 atom stereocenters. The van der Waals surface area contributed by atoms with Gasteiger partial charge in [-0.3, -0.25) is 10.00 Å². The standard InChI is InChI=1S/C15H27N5O2/c1-21-10-7-20-6-2-3-13(20)11-16-15-17-14(18-19-15)12-4-8-22-9-5-12/h12-13H,2-11H2,1H3,(H2,16,17,18,19). The lowest BCUT2D eigenvalue weighted by Crippen LogP contribution is -2.37. The van der Waals surface area contributed by atoms with Gasteiger partial charge in [-0.25, -0.2) is 0 Å². The Bertz CT molecular complexity index is 447. The number of hydrogen-bond donors (Lipinski definition) is 2. The van der Waals surface area contributed by atoms with Crippen molar-refractivity contribution in [2.75, 3.05) is 51.9 Å². The summed E-state index contributed by atoms with van der Waals surface area (Å²) in [6.45, 7) is 5.51. The molecule has 124 valence electrons. The Morgan fingerprint density at radius 1 is 1.36 bits per heavy atom. The molecule has 0 aliphatic carbocycles. The number of anilines is 1. The Kier molecular flexibility index (Phi) is 5.64. The number of aromatic nitrogens is 3. The minimum Gasteiger partial charge on any atom is -0.383 e. The topological polar surface area (TPSA) is 75.3 Å². The molecule has 7 nitrogen and oxygen atoms in total. The number of H-pyrrole nitrogens is 1. The quantitative estimate of drug-likeness (QED) is 0.789. The van der Waals surface area contributed by atoms with Gasteiger partial charge in [0.2, 0.25) is 5.95 Å². The summed E-state index contributed by atoms with van der Waals surface area (Å²) in [6.07, 6.45) is 4.55. The predicted octanol–water partition coefficient (Wildman–Crippen LogP) is 1.22. The number of nitrogens with one attached hydrogen (secondary N) is 2. The smallest absolute Gasteiger partial charge is 0.242 e. The summed E-state index contributed by atoms with van der Waals surface area (Å²) >= 11 is 0. The zero-order valence-corrected chi connectivity index (χ0v) is 13.4. The van der Waals surface area contributed by atoms with Crippen LogP contribution in [0.15, 0.2) is 0 Å². The average Bonchev–Trinajstić information content (AvgIpc) is 3.21. The highest BCUT2D eigenvalue weighted by atomic mass is 16.5. The molecule has 2 aliphatic heterocycles. The molecule has 0 aromatic carbocycles. The highest BCUT2D eigenvalue weighted by molar-refractivity contribution is 5.24. The molecule has 2 N–H and O–H groups in total. The van der Waals surface area contributed by atoms with Crippen LogP contribution in [0.3, 0.4) is 0 Å². The fourth-order valence-corrected chi connectivity index (χ4v) is 3.35. The van der Waals surface area contributed by atoms with Gasteiger partial charge in [0.05, 0.1) is 6.61 Å². The van der Waals surface area contributed by atoms with E-state index < -0.39 is 0 Å². The monoisotopic (exact) mass is 309 g/mol. The van der Waals surface area contributed by atoms with Gasteiger partial charge in [0.1, 0.15) is 5.82 Å². The summed E-state index contributed by atoms with van der Waals surface area (Å²) in [5.74, 6) is 2.18. The van der Waals surface area contributed by atoms with Crippen LogP contribution in [0.5, 0.6) is 0 Å². The zero-order valence-electron chi connectivity index (χ0n) is 13.4. The third kappa shape index (κ3) is 3.97. The lowest BCUT2D eigenvalue weighted by Gasteiger charge is -2.23. The Balaban J connectivity index is 1.48. The third-order valence-corrected chi connectivity index (χ3v) is 4.69. The van der Waals surface area contributed by atoms with Crippen LogP contribution in [-0.2, 0) is 9.47 Å². The van der Waals surface area contributed by atoms with Crippen molar-refractivity contribution in [1.29, 1.82) is 0 Å². The summed E-state index contributed by atoms with van der Waals surface area (Å²) in [4.78, 5) is 7.09. The van der Waals surface area contributed by atoms with E-state index in [1.54, 1.807) is 7.11 Å². The Labute approximate surface area is 131 Å². The van der Waals surface area contributed by atoms with Crippen LogP contribution in [0.1, 0.15) is 37.4 Å². The molecule has 1 unspecified atom stereocenters. The summed E-state index contributed by atoms with van der Waals surface area (Å²) < 4.78 is 10.6. The van der Waals surface area contributed by atoms with Crippen molar-refractivity contribution in [2.24, 2.45) is 0 Å². The highest BCUT2D eigenvalue weighted by Gasteiger charge is 2.24. The van der Waals surface area contributed by atoms with Crippen molar-refractivity contribution >= 4 is 5.95 Å². The fourth-order valence-electron chi connectivity index (χ4n) is 3.35. The maximum absolute atomic E-state index is 5.39. The van der Waals surface area contributed by atoms with Gasteiger partial charge in [0, 0.05) is 45.4 Å². The zero-order chi connectivity index (χ0) is 15.2. The average molecular weight is 309 g/mol. The number of ether oxygens (including phenoxy) is 2. The van der Waals surface area contributed by atoms with Gasteiger partial charge in [-0.15, -0.1) is 5.10 Å². The first kappa shape index (κ1) is 15.7. The summed E-state index contributed by atoms with van der Waals surface area (Å²) in [6, 6.07) is 0.556. The van der Waals surface area contributed by atoms with E-state index in [0.29, 0.717) is 12.0 Å². The minimum atomic E-state index is 0.460. The molecule has 1 aromatic rings. The van der Waals surface area contributed by atoms with Crippen molar-refractivity contribution in [3.8, 4) is 0 Å². The molecule has 1 aromatic heterocycles. The van der Waals surface area contributed by atoms with Gasteiger partial charge in [0.15, 0.2) is 0 Å². The van der Waals surface area contributed by atoms with Gasteiger partial charge in [-0.05, 0) is 32.2 Å². The molecule has 3 heterocycles. The summed E-state index contributed by atoms with van der Waals surface area (Å²) in [5, 5.41) is 10.8. The van der Waals surface area contributed by atoms with E-state index in [1.165, 1.54) is 12.8 Å². The second-order valence-electron chi connectivity index (χ2n) is 6.14. The molecule has 3 rings (SSSR count). The van der Waals surface area contributed by atoms with E-state index in [9.17, 15) is 0 Å². The molecule has 0 spiro atoms. The first-order valence-corrected chi connectivity index (χ1v) is 8.33. The lowest BCUT2D eigenvalue weighted by atomic mass is 10.00. The van der Waals surface area contributed by atoms with Crippen LogP contribution in [0.4, 0.5) is 5.95 Å². The lowest BCUT2D eigenvalue weighted by molar-refractivity contribution is 0.0836. The van der Waals surface area contributed by atoms with Gasteiger partial charge < -0.3 is 14.8 Å².